The van der Waals surface area contributed by atoms with E-state index in [-0.39, 0.29) is 13.1 Å². The molecule has 0 aromatic carbocycles. The van der Waals surface area contributed by atoms with E-state index in [9.17, 15) is 9.59 Å². The molecule has 0 saturated carbocycles. The maximum atomic E-state index is 11.0. The van der Waals surface area contributed by atoms with Crippen LogP contribution >= 0.6 is 0 Å². The molecular weight excluding hydrogens is 174 g/mol. The largest absolute Gasteiger partial charge is 0.412 e. The number of carbonyl (C=O) groups excluding carboxylic acids is 2. The van der Waals surface area contributed by atoms with Crippen LogP contribution in [0.4, 0.5) is 0 Å². The van der Waals surface area contributed by atoms with Gasteiger partial charge in [0.25, 0.3) is 0 Å². The van der Waals surface area contributed by atoms with E-state index in [1.165, 1.54) is 4.90 Å². The molecule has 0 atom stereocenters. The first kappa shape index (κ1) is 9.55. The number of hydrogen-bond acceptors (Lipinski definition) is 5. The minimum absolute atomic E-state index is 0.0350. The fraction of sp³-hybridized carbons (Fsp3) is 0.500. The molecule has 1 aliphatic rings. The van der Waals surface area contributed by atoms with Gasteiger partial charge in [0.15, 0.2) is 0 Å². The Morgan fingerprint density at radius 1 is 1.38 bits per heavy atom. The topological polar surface area (TPSA) is 55.8 Å². The van der Waals surface area contributed by atoms with Crippen molar-refractivity contribution < 1.29 is 19.1 Å². The number of ether oxygens (including phenoxy) is 2. The maximum absolute atomic E-state index is 11.0. The van der Waals surface area contributed by atoms with Crippen LogP contribution in [0.3, 0.4) is 0 Å². The second-order valence-corrected chi connectivity index (χ2v) is 2.65. The van der Waals surface area contributed by atoms with Gasteiger partial charge < -0.3 is 9.47 Å². The molecule has 1 saturated heterocycles. The van der Waals surface area contributed by atoms with Gasteiger partial charge >= 0.3 is 18.2 Å². The first-order valence-electron chi connectivity index (χ1n) is 3.65. The molecule has 0 N–H and O–H groups in total. The van der Waals surface area contributed by atoms with Crippen LogP contribution in [0.25, 0.3) is 0 Å². The van der Waals surface area contributed by atoms with E-state index in [0.717, 1.165) is 0 Å². The highest BCUT2D eigenvalue weighted by molar-refractivity contribution is 5.77. The van der Waals surface area contributed by atoms with E-state index in [4.69, 9.17) is 6.42 Å². The molecule has 0 amide bonds. The zero-order valence-corrected chi connectivity index (χ0v) is 7.15. The lowest BCUT2D eigenvalue weighted by Gasteiger charge is -2.21. The first-order valence-corrected chi connectivity index (χ1v) is 3.65. The lowest BCUT2D eigenvalue weighted by molar-refractivity contribution is -0.183. The van der Waals surface area contributed by atoms with E-state index in [0.29, 0.717) is 0 Å². The average Bonchev–Trinajstić information content (AvgIpc) is 1.99. The van der Waals surface area contributed by atoms with Gasteiger partial charge in [0.2, 0.25) is 0 Å². The zero-order valence-electron chi connectivity index (χ0n) is 7.15. The molecule has 0 radical (unpaired) electrons. The highest BCUT2D eigenvalue weighted by Gasteiger charge is 2.22. The summed E-state index contributed by atoms with van der Waals surface area (Å²) in [6.07, 6.45) is 3.78. The molecule has 1 fully saturated rings. The van der Waals surface area contributed by atoms with Crippen molar-refractivity contribution in [3.8, 4) is 12.3 Å². The number of terminal acetylenes is 1. The summed E-state index contributed by atoms with van der Waals surface area (Å²) in [5.74, 6) is 1.04. The normalized spacial score (nSPS) is 20.9. The first-order chi connectivity index (χ1) is 6.11. The van der Waals surface area contributed by atoms with Gasteiger partial charge in [-0.25, -0.2) is 0 Å². The summed E-state index contributed by atoms with van der Waals surface area (Å²) < 4.78 is 9.24. The molecule has 0 unspecified atom stereocenters. The molecular formula is C8H9NO4. The quantitative estimate of drug-likeness (QED) is 0.355. The molecule has 5 nitrogen and oxygen atoms in total. The average molecular weight is 183 g/mol. The fourth-order valence-corrected chi connectivity index (χ4v) is 0.902. The molecule has 1 heterocycles. The van der Waals surface area contributed by atoms with Crippen LogP contribution < -0.4 is 0 Å². The summed E-state index contributed by atoms with van der Waals surface area (Å²) in [7, 11) is 1.61. The molecule has 1 aliphatic heterocycles. The Bertz CT molecular complexity index is 248. The molecule has 13 heavy (non-hydrogen) atoms. The Balaban J connectivity index is 2.65. The third kappa shape index (κ3) is 2.76. The van der Waals surface area contributed by atoms with Crippen molar-refractivity contribution in [1.29, 1.82) is 0 Å². The van der Waals surface area contributed by atoms with Crippen LogP contribution in [0.1, 0.15) is 0 Å². The summed E-state index contributed by atoms with van der Waals surface area (Å²) >= 11 is 0. The Hall–Kier alpha value is -1.54. The van der Waals surface area contributed by atoms with Gasteiger partial charge in [-0.1, -0.05) is 0 Å². The van der Waals surface area contributed by atoms with Gasteiger partial charge in [-0.15, -0.1) is 6.42 Å². The van der Waals surface area contributed by atoms with E-state index in [2.05, 4.69) is 9.47 Å². The number of carbonyl (C=O) groups is 2. The van der Waals surface area contributed by atoms with Gasteiger partial charge in [-0.2, -0.15) is 0 Å². The number of nitrogens with zero attached hydrogens (tertiary/aromatic N) is 1. The molecule has 5 heteroatoms. The second kappa shape index (κ2) is 3.92. The zero-order chi connectivity index (χ0) is 9.84. The van der Waals surface area contributed by atoms with Crippen molar-refractivity contribution in [3.05, 3.63) is 0 Å². The van der Waals surface area contributed by atoms with Crippen molar-refractivity contribution in [2.75, 3.05) is 20.1 Å². The summed E-state index contributed by atoms with van der Waals surface area (Å²) in [4.78, 5) is 23.4. The highest BCUT2D eigenvalue weighted by Crippen LogP contribution is 2.01. The number of esters is 2. The third-order valence-corrected chi connectivity index (χ3v) is 1.41. The van der Waals surface area contributed by atoms with Crippen LogP contribution in [0, 0.1) is 12.3 Å². The van der Waals surface area contributed by atoms with E-state index < -0.39 is 18.2 Å². The van der Waals surface area contributed by atoms with E-state index >= 15 is 0 Å². The van der Waals surface area contributed by atoms with Gasteiger partial charge in [-0.3, -0.25) is 14.5 Å². The van der Waals surface area contributed by atoms with Crippen LogP contribution in [0.5, 0.6) is 0 Å². The monoisotopic (exact) mass is 183 g/mol. The summed E-state index contributed by atoms with van der Waals surface area (Å²) in [6.45, 7) is 0.0700. The Morgan fingerprint density at radius 2 is 1.85 bits per heavy atom. The molecule has 0 aromatic rings. The van der Waals surface area contributed by atoms with Crippen LogP contribution in [-0.2, 0) is 19.1 Å². The predicted octanol–water partition coefficient (Wildman–Crippen LogP) is -1.02. The highest BCUT2D eigenvalue weighted by atomic mass is 16.7. The van der Waals surface area contributed by atoms with Crippen molar-refractivity contribution in [2.24, 2.45) is 0 Å². The summed E-state index contributed by atoms with van der Waals surface area (Å²) in [5, 5.41) is 0. The number of hydrogen-bond donors (Lipinski definition) is 0. The maximum Gasteiger partial charge on any atom is 0.323 e. The van der Waals surface area contributed by atoms with Crippen molar-refractivity contribution in [3.63, 3.8) is 0 Å². The van der Waals surface area contributed by atoms with Gasteiger partial charge in [0.1, 0.15) is 0 Å². The molecule has 0 bridgehead atoms. The Kier molecular flexibility index (Phi) is 2.88. The Morgan fingerprint density at radius 3 is 2.23 bits per heavy atom. The molecule has 70 valence electrons. The summed E-state index contributed by atoms with van der Waals surface area (Å²) in [5.41, 5.74) is 0. The van der Waals surface area contributed by atoms with E-state index in [1.807, 2.05) is 5.92 Å². The number of rotatable bonds is 0. The third-order valence-electron chi connectivity index (χ3n) is 1.41. The standard InChI is InChI=1S/C8H9NO4/c1-3-8-12-6(10)4-9(2)5-7(11)13-8/h1,8H,4-5H2,2H3. The molecule has 1 rings (SSSR count). The molecule has 0 spiro atoms. The van der Waals surface area contributed by atoms with Crippen molar-refractivity contribution in [1.82, 2.24) is 4.90 Å². The van der Waals surface area contributed by atoms with Crippen molar-refractivity contribution in [2.45, 2.75) is 6.29 Å². The minimum atomic E-state index is -1.19. The van der Waals surface area contributed by atoms with Crippen LogP contribution in [0.15, 0.2) is 0 Å². The van der Waals surface area contributed by atoms with Crippen LogP contribution in [-0.4, -0.2) is 43.3 Å². The number of cyclic esters (lactones) is 2. The van der Waals surface area contributed by atoms with E-state index in [1.54, 1.807) is 7.05 Å². The molecule has 0 aromatic heterocycles. The molecule has 0 aliphatic carbocycles. The van der Waals surface area contributed by atoms with Gasteiger partial charge in [0.05, 0.1) is 13.1 Å². The lowest BCUT2D eigenvalue weighted by atomic mass is 10.5. The minimum Gasteiger partial charge on any atom is -0.412 e. The SMILES string of the molecule is C#CC1OC(=O)CN(C)CC(=O)O1. The smallest absolute Gasteiger partial charge is 0.323 e. The lowest BCUT2D eigenvalue weighted by Crippen LogP contribution is -2.39. The fourth-order valence-electron chi connectivity index (χ4n) is 0.902. The van der Waals surface area contributed by atoms with Crippen molar-refractivity contribution >= 4 is 11.9 Å². The Labute approximate surface area is 75.6 Å². The summed E-state index contributed by atoms with van der Waals surface area (Å²) in [6, 6.07) is 0. The van der Waals surface area contributed by atoms with Crippen LogP contribution in [0.2, 0.25) is 0 Å². The van der Waals surface area contributed by atoms with Gasteiger partial charge in [0, 0.05) is 0 Å². The number of likely N-dealkylation sites (N-methyl/N-ethyl adjacent to an activating group) is 1. The second-order valence-electron chi connectivity index (χ2n) is 2.65. The predicted molar refractivity (Wildman–Crippen MR) is 42.3 cm³/mol. The van der Waals surface area contributed by atoms with Gasteiger partial charge in [-0.05, 0) is 13.0 Å².